The number of aliphatic hydroxyl groups excluding tert-OH is 1. The fourth-order valence-corrected chi connectivity index (χ4v) is 1.00. The molecule has 0 atom stereocenters. The average Bonchev–Trinajstić information content (AvgIpc) is 2.19. The minimum atomic E-state index is 0.114. The SMILES string of the molecule is C=Cc1ccccc1C#CCCO. The maximum Gasteiger partial charge on any atom is 0.0540 e. The van der Waals surface area contributed by atoms with Crippen LogP contribution in [0.3, 0.4) is 0 Å². The summed E-state index contributed by atoms with van der Waals surface area (Å²) in [7, 11) is 0. The van der Waals surface area contributed by atoms with E-state index in [1.807, 2.05) is 24.3 Å². The molecule has 66 valence electrons. The van der Waals surface area contributed by atoms with Crippen LogP contribution in [0.4, 0.5) is 0 Å². The Morgan fingerprint density at radius 1 is 1.38 bits per heavy atom. The van der Waals surface area contributed by atoms with E-state index in [0.717, 1.165) is 11.1 Å². The highest BCUT2D eigenvalue weighted by molar-refractivity contribution is 5.57. The van der Waals surface area contributed by atoms with Crippen LogP contribution in [0.15, 0.2) is 30.8 Å². The van der Waals surface area contributed by atoms with Gasteiger partial charge in [-0.1, -0.05) is 42.7 Å². The average molecular weight is 172 g/mol. The lowest BCUT2D eigenvalue weighted by atomic mass is 10.1. The number of rotatable bonds is 2. The number of aliphatic hydroxyl groups is 1. The lowest BCUT2D eigenvalue weighted by molar-refractivity contribution is 0.305. The largest absolute Gasteiger partial charge is 0.395 e. The molecular weight excluding hydrogens is 160 g/mol. The molecule has 0 aliphatic carbocycles. The molecule has 0 bridgehead atoms. The molecule has 1 heteroatoms. The van der Waals surface area contributed by atoms with Crippen molar-refractivity contribution in [3.05, 3.63) is 42.0 Å². The van der Waals surface area contributed by atoms with Gasteiger partial charge in [0, 0.05) is 12.0 Å². The Bertz CT molecular complexity index is 342. The van der Waals surface area contributed by atoms with E-state index in [9.17, 15) is 0 Å². The fraction of sp³-hybridized carbons (Fsp3) is 0.167. The highest BCUT2D eigenvalue weighted by Crippen LogP contribution is 2.07. The lowest BCUT2D eigenvalue weighted by Crippen LogP contribution is -1.81. The maximum absolute atomic E-state index is 8.55. The van der Waals surface area contributed by atoms with Gasteiger partial charge in [-0.05, 0) is 11.6 Å². The van der Waals surface area contributed by atoms with Gasteiger partial charge in [0.25, 0.3) is 0 Å². The summed E-state index contributed by atoms with van der Waals surface area (Å²) in [5.41, 5.74) is 2.00. The van der Waals surface area contributed by atoms with Gasteiger partial charge in [-0.3, -0.25) is 0 Å². The summed E-state index contributed by atoms with van der Waals surface area (Å²) in [4.78, 5) is 0. The van der Waals surface area contributed by atoms with Gasteiger partial charge >= 0.3 is 0 Å². The van der Waals surface area contributed by atoms with E-state index in [1.54, 1.807) is 6.08 Å². The predicted molar refractivity (Wildman–Crippen MR) is 55.1 cm³/mol. The number of benzene rings is 1. The van der Waals surface area contributed by atoms with Crippen LogP contribution in [0, 0.1) is 11.8 Å². The molecule has 0 aromatic heterocycles. The van der Waals surface area contributed by atoms with Crippen molar-refractivity contribution in [3.63, 3.8) is 0 Å². The first-order valence-corrected chi connectivity index (χ1v) is 4.19. The van der Waals surface area contributed by atoms with Crippen LogP contribution in [0.5, 0.6) is 0 Å². The number of hydrogen-bond donors (Lipinski definition) is 1. The third kappa shape index (κ3) is 2.77. The molecule has 0 spiro atoms. The summed E-state index contributed by atoms with van der Waals surface area (Å²) in [5, 5.41) is 8.55. The molecule has 1 nitrogen and oxygen atoms in total. The predicted octanol–water partition coefficient (Wildman–Crippen LogP) is 2.06. The highest BCUT2D eigenvalue weighted by Gasteiger charge is 1.91. The molecule has 1 aromatic rings. The Labute approximate surface area is 78.7 Å². The molecule has 0 aliphatic heterocycles. The van der Waals surface area contributed by atoms with Gasteiger partial charge < -0.3 is 5.11 Å². The van der Waals surface area contributed by atoms with Crippen LogP contribution < -0.4 is 0 Å². The van der Waals surface area contributed by atoms with E-state index >= 15 is 0 Å². The van der Waals surface area contributed by atoms with Crippen LogP contribution >= 0.6 is 0 Å². The molecule has 0 heterocycles. The first-order chi connectivity index (χ1) is 6.38. The van der Waals surface area contributed by atoms with Crippen molar-refractivity contribution in [1.29, 1.82) is 0 Å². The maximum atomic E-state index is 8.55. The molecule has 1 aromatic carbocycles. The van der Waals surface area contributed by atoms with Crippen LogP contribution in [-0.2, 0) is 0 Å². The minimum absolute atomic E-state index is 0.114. The molecule has 13 heavy (non-hydrogen) atoms. The van der Waals surface area contributed by atoms with Crippen molar-refractivity contribution >= 4 is 6.08 Å². The van der Waals surface area contributed by atoms with E-state index < -0.39 is 0 Å². The summed E-state index contributed by atoms with van der Waals surface area (Å²) in [6, 6.07) is 7.81. The first kappa shape index (κ1) is 9.57. The zero-order chi connectivity index (χ0) is 9.52. The van der Waals surface area contributed by atoms with Gasteiger partial charge in [0.2, 0.25) is 0 Å². The molecular formula is C12H12O. The summed E-state index contributed by atoms with van der Waals surface area (Å²) in [6.45, 7) is 3.82. The van der Waals surface area contributed by atoms with Crippen LogP contribution in [0.2, 0.25) is 0 Å². The third-order valence-corrected chi connectivity index (χ3v) is 1.64. The molecule has 0 fully saturated rings. The second-order valence-corrected chi connectivity index (χ2v) is 2.57. The van der Waals surface area contributed by atoms with E-state index in [1.165, 1.54) is 0 Å². The quantitative estimate of drug-likeness (QED) is 0.677. The van der Waals surface area contributed by atoms with Gasteiger partial charge in [-0.2, -0.15) is 0 Å². The lowest BCUT2D eigenvalue weighted by Gasteiger charge is -1.95. The highest BCUT2D eigenvalue weighted by atomic mass is 16.2. The van der Waals surface area contributed by atoms with E-state index in [0.29, 0.717) is 6.42 Å². The number of hydrogen-bond acceptors (Lipinski definition) is 1. The molecule has 0 saturated carbocycles. The van der Waals surface area contributed by atoms with E-state index in [4.69, 9.17) is 5.11 Å². The second-order valence-electron chi connectivity index (χ2n) is 2.57. The van der Waals surface area contributed by atoms with E-state index in [-0.39, 0.29) is 6.61 Å². The normalized spacial score (nSPS) is 8.69. The van der Waals surface area contributed by atoms with Gasteiger partial charge in [0.05, 0.1) is 6.61 Å². The first-order valence-electron chi connectivity index (χ1n) is 4.19. The molecule has 0 aliphatic rings. The molecule has 1 rings (SSSR count). The Morgan fingerprint density at radius 3 is 2.85 bits per heavy atom. The van der Waals surface area contributed by atoms with Crippen molar-refractivity contribution in [3.8, 4) is 11.8 Å². The molecule has 0 radical (unpaired) electrons. The topological polar surface area (TPSA) is 20.2 Å². The van der Waals surface area contributed by atoms with Crippen molar-refractivity contribution < 1.29 is 5.11 Å². The van der Waals surface area contributed by atoms with E-state index in [2.05, 4.69) is 18.4 Å². The fourth-order valence-electron chi connectivity index (χ4n) is 1.00. The Kier molecular flexibility index (Phi) is 3.81. The molecule has 0 unspecified atom stereocenters. The minimum Gasteiger partial charge on any atom is -0.395 e. The van der Waals surface area contributed by atoms with Crippen molar-refractivity contribution in [1.82, 2.24) is 0 Å². The summed E-state index contributed by atoms with van der Waals surface area (Å²) in [5.74, 6) is 5.86. The zero-order valence-corrected chi connectivity index (χ0v) is 7.46. The molecule has 0 saturated heterocycles. The zero-order valence-electron chi connectivity index (χ0n) is 7.46. The smallest absolute Gasteiger partial charge is 0.0540 e. The monoisotopic (exact) mass is 172 g/mol. The van der Waals surface area contributed by atoms with Crippen LogP contribution in [-0.4, -0.2) is 11.7 Å². The van der Waals surface area contributed by atoms with Crippen LogP contribution in [0.1, 0.15) is 17.5 Å². The summed E-state index contributed by atoms with van der Waals surface area (Å²) < 4.78 is 0. The van der Waals surface area contributed by atoms with Crippen molar-refractivity contribution in [2.24, 2.45) is 0 Å². The van der Waals surface area contributed by atoms with Gasteiger partial charge in [0.15, 0.2) is 0 Å². The second kappa shape index (κ2) is 5.18. The van der Waals surface area contributed by atoms with Gasteiger partial charge in [-0.25, -0.2) is 0 Å². The molecule has 0 amide bonds. The summed E-state index contributed by atoms with van der Waals surface area (Å²) >= 11 is 0. The van der Waals surface area contributed by atoms with Gasteiger partial charge in [0.1, 0.15) is 0 Å². The van der Waals surface area contributed by atoms with Crippen molar-refractivity contribution in [2.45, 2.75) is 6.42 Å². The Hall–Kier alpha value is -1.52. The molecule has 1 N–H and O–H groups in total. The standard InChI is InChI=1S/C12H12O/c1-2-11-7-3-4-8-12(11)9-5-6-10-13/h2-4,7-8,13H,1,6,10H2. The summed E-state index contributed by atoms with van der Waals surface area (Å²) in [6.07, 6.45) is 2.30. The Balaban J connectivity index is 2.88. The van der Waals surface area contributed by atoms with Crippen LogP contribution in [0.25, 0.3) is 6.08 Å². The van der Waals surface area contributed by atoms with Crippen molar-refractivity contribution in [2.75, 3.05) is 6.61 Å². The Morgan fingerprint density at radius 2 is 2.15 bits per heavy atom. The van der Waals surface area contributed by atoms with Gasteiger partial charge in [-0.15, -0.1) is 0 Å². The third-order valence-electron chi connectivity index (χ3n) is 1.64.